The Labute approximate surface area is 129 Å². The lowest BCUT2D eigenvalue weighted by molar-refractivity contribution is 0.465. The molecule has 94 valence electrons. The maximum atomic E-state index is 9.90. The van der Waals surface area contributed by atoms with E-state index in [1.165, 1.54) is 9.13 Å². The molecule has 2 N–H and O–H groups in total. The summed E-state index contributed by atoms with van der Waals surface area (Å²) in [6.45, 7) is 2.68. The molecule has 0 aliphatic carbocycles. The largest absolute Gasteiger partial charge is 0.506 e. The Balaban J connectivity index is 2.14. The van der Waals surface area contributed by atoms with E-state index in [9.17, 15) is 5.11 Å². The molecule has 2 rings (SSSR count). The number of aromatic hydroxyl groups is 1. The van der Waals surface area contributed by atoms with Crippen LogP contribution in [-0.4, -0.2) is 5.11 Å². The van der Waals surface area contributed by atoms with Gasteiger partial charge in [-0.15, -0.1) is 0 Å². The summed E-state index contributed by atoms with van der Waals surface area (Å²) in [6.07, 6.45) is 0. The number of nitrogens with one attached hydrogen (secondary N) is 1. The van der Waals surface area contributed by atoms with Crippen LogP contribution in [0.5, 0.6) is 5.75 Å². The summed E-state index contributed by atoms with van der Waals surface area (Å²) in [4.78, 5) is 0. The standard InChI is InChI=1S/C14H13BrINO/c1-9-7-11(16)5-6-13(9)17-8-10-3-2-4-12(15)14(10)18/h2-7,17-18H,8H2,1H3. The van der Waals surface area contributed by atoms with Gasteiger partial charge in [0.1, 0.15) is 5.75 Å². The summed E-state index contributed by atoms with van der Waals surface area (Å²) in [5, 5.41) is 13.2. The van der Waals surface area contributed by atoms with Crippen LogP contribution >= 0.6 is 38.5 Å². The van der Waals surface area contributed by atoms with Gasteiger partial charge < -0.3 is 10.4 Å². The molecule has 0 saturated carbocycles. The van der Waals surface area contributed by atoms with Gasteiger partial charge in [0.05, 0.1) is 4.47 Å². The Morgan fingerprint density at radius 1 is 1.28 bits per heavy atom. The average molecular weight is 418 g/mol. The van der Waals surface area contributed by atoms with Gasteiger partial charge in [0.25, 0.3) is 0 Å². The van der Waals surface area contributed by atoms with Gasteiger partial charge in [0.2, 0.25) is 0 Å². The lowest BCUT2D eigenvalue weighted by atomic mass is 10.1. The first-order valence-electron chi connectivity index (χ1n) is 5.54. The van der Waals surface area contributed by atoms with Crippen molar-refractivity contribution in [3.8, 4) is 5.75 Å². The molecule has 0 radical (unpaired) electrons. The molecule has 0 amide bonds. The van der Waals surface area contributed by atoms with E-state index in [2.05, 4.69) is 69.0 Å². The highest BCUT2D eigenvalue weighted by atomic mass is 127. The number of phenols is 1. The molecule has 18 heavy (non-hydrogen) atoms. The van der Waals surface area contributed by atoms with Gasteiger partial charge in [-0.25, -0.2) is 0 Å². The van der Waals surface area contributed by atoms with Gasteiger partial charge in [-0.05, 0) is 75.3 Å². The van der Waals surface area contributed by atoms with Crippen LogP contribution in [0.25, 0.3) is 0 Å². The summed E-state index contributed by atoms with van der Waals surface area (Å²) in [6, 6.07) is 11.9. The molecule has 2 nitrogen and oxygen atoms in total. The second-order valence-corrected chi connectivity index (χ2v) is 6.16. The molecule has 2 aromatic rings. The number of benzene rings is 2. The van der Waals surface area contributed by atoms with Crippen molar-refractivity contribution in [3.05, 3.63) is 55.6 Å². The van der Waals surface area contributed by atoms with Gasteiger partial charge in [-0.2, -0.15) is 0 Å². The summed E-state index contributed by atoms with van der Waals surface area (Å²) in [7, 11) is 0. The highest BCUT2D eigenvalue weighted by Crippen LogP contribution is 2.28. The molecule has 0 aliphatic heterocycles. The highest BCUT2D eigenvalue weighted by Gasteiger charge is 2.05. The molecule has 0 spiro atoms. The van der Waals surface area contributed by atoms with Crippen molar-refractivity contribution in [1.82, 2.24) is 0 Å². The Morgan fingerprint density at radius 3 is 2.78 bits per heavy atom. The van der Waals surface area contributed by atoms with Crippen molar-refractivity contribution in [2.24, 2.45) is 0 Å². The fourth-order valence-corrected chi connectivity index (χ4v) is 2.77. The van der Waals surface area contributed by atoms with Crippen LogP contribution in [0.1, 0.15) is 11.1 Å². The third-order valence-corrected chi connectivity index (χ3v) is 4.04. The van der Waals surface area contributed by atoms with Crippen LogP contribution in [0.15, 0.2) is 40.9 Å². The molecule has 2 aromatic carbocycles. The van der Waals surface area contributed by atoms with Crippen molar-refractivity contribution >= 4 is 44.2 Å². The van der Waals surface area contributed by atoms with Crippen molar-refractivity contribution < 1.29 is 5.11 Å². The second kappa shape index (κ2) is 5.93. The number of halogens is 2. The predicted octanol–water partition coefficient (Wildman–Crippen LogP) is 4.68. The van der Waals surface area contributed by atoms with Crippen LogP contribution in [-0.2, 0) is 6.54 Å². The van der Waals surface area contributed by atoms with E-state index in [0.717, 1.165) is 15.7 Å². The molecule has 0 aromatic heterocycles. The number of anilines is 1. The number of hydrogen-bond donors (Lipinski definition) is 2. The van der Waals surface area contributed by atoms with Crippen LogP contribution in [0.2, 0.25) is 0 Å². The maximum Gasteiger partial charge on any atom is 0.134 e. The minimum atomic E-state index is 0.299. The van der Waals surface area contributed by atoms with Gasteiger partial charge in [-0.3, -0.25) is 0 Å². The number of phenolic OH excluding ortho intramolecular Hbond substituents is 1. The first kappa shape index (κ1) is 13.7. The van der Waals surface area contributed by atoms with Gasteiger partial charge >= 0.3 is 0 Å². The molecule has 0 saturated heterocycles. The lowest BCUT2D eigenvalue weighted by Crippen LogP contribution is -2.01. The Morgan fingerprint density at radius 2 is 2.06 bits per heavy atom. The highest BCUT2D eigenvalue weighted by molar-refractivity contribution is 14.1. The maximum absolute atomic E-state index is 9.90. The van der Waals surface area contributed by atoms with Crippen LogP contribution in [0.3, 0.4) is 0 Å². The molecular weight excluding hydrogens is 405 g/mol. The fourth-order valence-electron chi connectivity index (χ4n) is 1.72. The smallest absolute Gasteiger partial charge is 0.134 e. The normalized spacial score (nSPS) is 10.4. The van der Waals surface area contributed by atoms with E-state index in [1.807, 2.05) is 18.2 Å². The van der Waals surface area contributed by atoms with Crippen molar-refractivity contribution in [1.29, 1.82) is 0 Å². The molecular formula is C14H13BrINO. The number of para-hydroxylation sites is 1. The van der Waals surface area contributed by atoms with E-state index in [4.69, 9.17) is 0 Å². The van der Waals surface area contributed by atoms with Crippen molar-refractivity contribution in [2.75, 3.05) is 5.32 Å². The minimum Gasteiger partial charge on any atom is -0.506 e. The van der Waals surface area contributed by atoms with E-state index < -0.39 is 0 Å². The Bertz CT molecular complexity index is 572. The van der Waals surface area contributed by atoms with Gasteiger partial charge in [-0.1, -0.05) is 12.1 Å². The Kier molecular flexibility index (Phi) is 4.50. The van der Waals surface area contributed by atoms with Gasteiger partial charge in [0, 0.05) is 21.4 Å². The molecule has 0 aliphatic rings. The summed E-state index contributed by atoms with van der Waals surface area (Å²) in [5.41, 5.74) is 3.17. The monoisotopic (exact) mass is 417 g/mol. The third kappa shape index (κ3) is 3.17. The first-order chi connectivity index (χ1) is 8.58. The van der Waals surface area contributed by atoms with Crippen LogP contribution < -0.4 is 5.32 Å². The molecule has 0 bridgehead atoms. The van der Waals surface area contributed by atoms with E-state index >= 15 is 0 Å². The summed E-state index contributed by atoms with van der Waals surface area (Å²) >= 11 is 5.62. The third-order valence-electron chi connectivity index (χ3n) is 2.73. The van der Waals surface area contributed by atoms with E-state index in [-0.39, 0.29) is 0 Å². The molecule has 0 unspecified atom stereocenters. The average Bonchev–Trinajstić information content (AvgIpc) is 2.33. The van der Waals surface area contributed by atoms with E-state index in [1.54, 1.807) is 0 Å². The summed E-state index contributed by atoms with van der Waals surface area (Å²) in [5.74, 6) is 0.299. The number of aryl methyl sites for hydroxylation is 1. The zero-order chi connectivity index (χ0) is 13.1. The van der Waals surface area contributed by atoms with Crippen LogP contribution in [0.4, 0.5) is 5.69 Å². The first-order valence-corrected chi connectivity index (χ1v) is 7.41. The topological polar surface area (TPSA) is 32.3 Å². The van der Waals surface area contributed by atoms with Crippen molar-refractivity contribution in [2.45, 2.75) is 13.5 Å². The zero-order valence-electron chi connectivity index (χ0n) is 9.87. The lowest BCUT2D eigenvalue weighted by Gasteiger charge is -2.11. The second-order valence-electron chi connectivity index (χ2n) is 4.06. The minimum absolute atomic E-state index is 0.299. The van der Waals surface area contributed by atoms with Crippen molar-refractivity contribution in [3.63, 3.8) is 0 Å². The zero-order valence-corrected chi connectivity index (χ0v) is 13.6. The number of hydrogen-bond acceptors (Lipinski definition) is 2. The molecule has 4 heteroatoms. The molecule has 0 fully saturated rings. The quantitative estimate of drug-likeness (QED) is 0.710. The SMILES string of the molecule is Cc1cc(I)ccc1NCc1cccc(Br)c1O. The fraction of sp³-hybridized carbons (Fsp3) is 0.143. The predicted molar refractivity (Wildman–Crippen MR) is 87.0 cm³/mol. The number of rotatable bonds is 3. The van der Waals surface area contributed by atoms with Gasteiger partial charge in [0.15, 0.2) is 0 Å². The van der Waals surface area contributed by atoms with Crippen LogP contribution in [0, 0.1) is 10.5 Å². The van der Waals surface area contributed by atoms with E-state index in [0.29, 0.717) is 12.3 Å². The molecule has 0 atom stereocenters. The summed E-state index contributed by atoms with van der Waals surface area (Å²) < 4.78 is 1.95. The Hall–Kier alpha value is -0.750. The molecule has 0 heterocycles.